The van der Waals surface area contributed by atoms with Gasteiger partial charge in [-0.2, -0.15) is 0 Å². The van der Waals surface area contributed by atoms with Crippen LogP contribution in [0.1, 0.15) is 19.5 Å². The molecule has 0 saturated carbocycles. The summed E-state index contributed by atoms with van der Waals surface area (Å²) in [7, 11) is 0. The minimum atomic E-state index is -0.509. The molecule has 0 saturated heterocycles. The highest BCUT2D eigenvalue weighted by Crippen LogP contribution is 2.36. The van der Waals surface area contributed by atoms with Crippen LogP contribution in [-0.2, 0) is 19.1 Å². The van der Waals surface area contributed by atoms with Gasteiger partial charge in [-0.05, 0) is 0 Å². The van der Waals surface area contributed by atoms with Crippen LogP contribution in [-0.4, -0.2) is 23.5 Å². The number of nitrogens with zero attached hydrogens (tertiary/aromatic N) is 1. The summed E-state index contributed by atoms with van der Waals surface area (Å²) in [5, 5.41) is 0.539. The van der Waals surface area contributed by atoms with Crippen LogP contribution in [0, 0.1) is 0 Å². The molecule has 0 spiro atoms. The van der Waals surface area contributed by atoms with Crippen molar-refractivity contribution in [2.45, 2.75) is 13.8 Å². The average Bonchev–Trinajstić information content (AvgIpc) is 2.68. The third-order valence-corrected chi connectivity index (χ3v) is 2.59. The molecule has 7 heteroatoms. The van der Waals surface area contributed by atoms with E-state index < -0.39 is 11.9 Å². The first-order chi connectivity index (χ1) is 8.08. The molecule has 0 atom stereocenters. The topological polar surface area (TPSA) is 74.7 Å². The molecule has 1 aromatic heterocycles. The first kappa shape index (κ1) is 11.6. The highest BCUT2D eigenvalue weighted by Gasteiger charge is 2.28. The molecule has 1 aliphatic heterocycles. The second-order valence-electron chi connectivity index (χ2n) is 3.22. The number of carbonyl (C=O) groups excluding carboxylic acids is 2. The van der Waals surface area contributed by atoms with Gasteiger partial charge in [0.05, 0.1) is 5.51 Å². The molecule has 17 heavy (non-hydrogen) atoms. The predicted molar refractivity (Wildman–Crippen MR) is 58.1 cm³/mol. The molecule has 90 valence electrons. The number of ether oxygens (including phenoxy) is 3. The van der Waals surface area contributed by atoms with Gasteiger partial charge in [-0.15, -0.1) is 0 Å². The standard InChI is InChI=1S/C10H9NO5S/c1-5(12)15-7-3-14-10-8(11-4-17-10)9(7)16-6(2)13/h4H,3H2,1-2H3. The van der Waals surface area contributed by atoms with Crippen LogP contribution < -0.4 is 4.74 Å². The minimum absolute atomic E-state index is 0.0391. The molecule has 0 amide bonds. The zero-order valence-electron chi connectivity index (χ0n) is 9.18. The van der Waals surface area contributed by atoms with Crippen molar-refractivity contribution in [1.29, 1.82) is 0 Å². The van der Waals surface area contributed by atoms with E-state index in [1.54, 1.807) is 5.51 Å². The Bertz CT molecular complexity index is 505. The minimum Gasteiger partial charge on any atom is -0.474 e. The normalized spacial score (nSPS) is 13.8. The summed E-state index contributed by atoms with van der Waals surface area (Å²) in [4.78, 5) is 26.0. The molecule has 0 radical (unpaired) electrons. The van der Waals surface area contributed by atoms with E-state index in [2.05, 4.69) is 4.98 Å². The van der Waals surface area contributed by atoms with Gasteiger partial charge >= 0.3 is 11.9 Å². The fourth-order valence-electron chi connectivity index (χ4n) is 1.32. The summed E-state index contributed by atoms with van der Waals surface area (Å²) >= 11 is 1.28. The summed E-state index contributed by atoms with van der Waals surface area (Å²) < 4.78 is 15.3. The largest absolute Gasteiger partial charge is 0.474 e. The Labute approximate surface area is 101 Å². The Morgan fingerprint density at radius 1 is 1.35 bits per heavy atom. The van der Waals surface area contributed by atoms with Crippen LogP contribution in [0.5, 0.6) is 5.06 Å². The van der Waals surface area contributed by atoms with Crippen molar-refractivity contribution in [2.75, 3.05) is 6.61 Å². The third kappa shape index (κ3) is 2.44. The Morgan fingerprint density at radius 3 is 2.71 bits per heavy atom. The highest BCUT2D eigenvalue weighted by atomic mass is 32.1. The molecule has 0 N–H and O–H groups in total. The van der Waals surface area contributed by atoms with E-state index in [-0.39, 0.29) is 18.1 Å². The van der Waals surface area contributed by atoms with E-state index >= 15 is 0 Å². The van der Waals surface area contributed by atoms with Crippen molar-refractivity contribution in [3.63, 3.8) is 0 Å². The molecule has 0 unspecified atom stereocenters. The number of esters is 2. The first-order valence-electron chi connectivity index (χ1n) is 4.74. The van der Waals surface area contributed by atoms with Gasteiger partial charge < -0.3 is 14.2 Å². The van der Waals surface area contributed by atoms with Crippen molar-refractivity contribution in [3.8, 4) is 5.06 Å². The fourth-order valence-corrected chi connectivity index (χ4v) is 1.95. The number of hydrogen-bond acceptors (Lipinski definition) is 7. The van der Waals surface area contributed by atoms with Crippen molar-refractivity contribution in [1.82, 2.24) is 4.98 Å². The third-order valence-electron chi connectivity index (χ3n) is 1.85. The lowest BCUT2D eigenvalue weighted by Gasteiger charge is -2.18. The van der Waals surface area contributed by atoms with Crippen LogP contribution in [0.4, 0.5) is 0 Å². The van der Waals surface area contributed by atoms with E-state index in [0.717, 1.165) is 0 Å². The molecule has 2 heterocycles. The second-order valence-corrected chi connectivity index (χ2v) is 4.03. The van der Waals surface area contributed by atoms with Crippen molar-refractivity contribution in [3.05, 3.63) is 17.0 Å². The predicted octanol–water partition coefficient (Wildman–Crippen LogP) is 1.33. The lowest BCUT2D eigenvalue weighted by Crippen LogP contribution is -2.17. The zero-order valence-corrected chi connectivity index (χ0v) is 10.00. The van der Waals surface area contributed by atoms with Gasteiger partial charge in [0.1, 0.15) is 0 Å². The number of aromatic nitrogens is 1. The smallest absolute Gasteiger partial charge is 0.308 e. The van der Waals surface area contributed by atoms with E-state index in [0.29, 0.717) is 10.8 Å². The molecule has 0 fully saturated rings. The molecule has 2 rings (SSSR count). The molecule has 1 aliphatic rings. The number of rotatable bonds is 2. The zero-order chi connectivity index (χ0) is 12.4. The molecular formula is C10H9NO5S. The average molecular weight is 255 g/mol. The van der Waals surface area contributed by atoms with E-state index in [9.17, 15) is 9.59 Å². The van der Waals surface area contributed by atoms with Crippen molar-refractivity contribution in [2.24, 2.45) is 0 Å². The molecule has 1 aromatic rings. The van der Waals surface area contributed by atoms with Gasteiger partial charge in [-0.1, -0.05) is 11.3 Å². The summed E-state index contributed by atoms with van der Waals surface area (Å²) in [5.41, 5.74) is 1.94. The molecule has 0 aromatic carbocycles. The Morgan fingerprint density at radius 2 is 2.06 bits per heavy atom. The summed E-state index contributed by atoms with van der Waals surface area (Å²) in [6, 6.07) is 0. The summed E-state index contributed by atoms with van der Waals surface area (Å²) in [6.07, 6.45) is 0. The molecule has 0 aliphatic carbocycles. The number of carbonyl (C=O) groups is 2. The maximum absolute atomic E-state index is 11.0. The number of fused-ring (bicyclic) bond motifs is 1. The Kier molecular flexibility index (Phi) is 3.10. The van der Waals surface area contributed by atoms with Gasteiger partial charge in [0.2, 0.25) is 10.8 Å². The van der Waals surface area contributed by atoms with Crippen LogP contribution in [0.2, 0.25) is 0 Å². The maximum Gasteiger partial charge on any atom is 0.308 e. The number of thiazole rings is 1. The quantitative estimate of drug-likeness (QED) is 0.742. The lowest BCUT2D eigenvalue weighted by atomic mass is 10.3. The molecular weight excluding hydrogens is 246 g/mol. The van der Waals surface area contributed by atoms with Crippen LogP contribution >= 0.6 is 11.3 Å². The van der Waals surface area contributed by atoms with Gasteiger partial charge in [-0.3, -0.25) is 9.59 Å². The SMILES string of the molecule is CC(=O)OC1=C(OC(C)=O)c2ncsc2OC1. The van der Waals surface area contributed by atoms with Crippen molar-refractivity contribution >= 4 is 29.0 Å². The Hall–Kier alpha value is -1.89. The first-order valence-corrected chi connectivity index (χ1v) is 5.62. The Balaban J connectivity index is 2.41. The molecule has 6 nitrogen and oxygen atoms in total. The van der Waals surface area contributed by atoms with Gasteiger partial charge in [-0.25, -0.2) is 4.98 Å². The van der Waals surface area contributed by atoms with E-state index in [1.807, 2.05) is 0 Å². The van der Waals surface area contributed by atoms with Crippen LogP contribution in [0.15, 0.2) is 11.3 Å². The van der Waals surface area contributed by atoms with Gasteiger partial charge in [0.25, 0.3) is 0 Å². The fraction of sp³-hybridized carbons (Fsp3) is 0.300. The summed E-state index contributed by atoms with van der Waals surface area (Å²) in [5.74, 6) is -0.710. The second kappa shape index (κ2) is 4.54. The summed E-state index contributed by atoms with van der Waals surface area (Å²) in [6.45, 7) is 2.56. The van der Waals surface area contributed by atoms with Gasteiger partial charge in [0.15, 0.2) is 18.1 Å². The van der Waals surface area contributed by atoms with Gasteiger partial charge in [0, 0.05) is 13.8 Å². The van der Waals surface area contributed by atoms with Crippen LogP contribution in [0.25, 0.3) is 5.76 Å². The number of hydrogen-bond donors (Lipinski definition) is 0. The van der Waals surface area contributed by atoms with Crippen molar-refractivity contribution < 1.29 is 23.8 Å². The maximum atomic E-state index is 11.0. The van der Waals surface area contributed by atoms with E-state index in [4.69, 9.17) is 14.2 Å². The molecule has 0 bridgehead atoms. The van der Waals surface area contributed by atoms with Crippen LogP contribution in [0.3, 0.4) is 0 Å². The monoisotopic (exact) mass is 255 g/mol. The van der Waals surface area contributed by atoms with E-state index in [1.165, 1.54) is 25.2 Å². The lowest BCUT2D eigenvalue weighted by molar-refractivity contribution is -0.139. The highest BCUT2D eigenvalue weighted by molar-refractivity contribution is 7.11.